The molecule has 28 heavy (non-hydrogen) atoms. The van der Waals surface area contributed by atoms with Crippen molar-refractivity contribution in [3.8, 4) is 11.1 Å². The van der Waals surface area contributed by atoms with Crippen LogP contribution in [-0.4, -0.2) is 14.4 Å². The van der Waals surface area contributed by atoms with E-state index in [1.807, 2.05) is 30.3 Å². The number of nitrogens with one attached hydrogen (secondary N) is 2. The lowest BCUT2D eigenvalue weighted by atomic mass is 10.1. The number of fused-ring (bicyclic) bond motifs is 1. The highest BCUT2D eigenvalue weighted by Gasteiger charge is 2.34. The average Bonchev–Trinajstić information content (AvgIpc) is 3.00. The third kappa shape index (κ3) is 3.36. The number of anilines is 1. The van der Waals surface area contributed by atoms with Gasteiger partial charge in [-0.05, 0) is 11.6 Å². The second-order valence-electron chi connectivity index (χ2n) is 5.90. The minimum atomic E-state index is -3.95. The Morgan fingerprint density at radius 1 is 1.07 bits per heavy atom. The Morgan fingerprint density at radius 3 is 2.57 bits per heavy atom. The maximum atomic E-state index is 14.3. The molecule has 1 aromatic heterocycles. The van der Waals surface area contributed by atoms with Crippen LogP contribution in [0.25, 0.3) is 11.1 Å². The molecule has 0 saturated heterocycles. The fraction of sp³-hybridized carbons (Fsp3) is 0.0556. The second kappa shape index (κ2) is 7.16. The van der Waals surface area contributed by atoms with Crippen LogP contribution in [0.2, 0.25) is 4.34 Å². The molecule has 2 aromatic carbocycles. The fourth-order valence-electron chi connectivity index (χ4n) is 2.77. The molecular weight excluding hydrogens is 428 g/mol. The molecule has 0 bridgehead atoms. The van der Waals surface area contributed by atoms with Crippen LogP contribution in [0.1, 0.15) is 5.56 Å². The second-order valence-corrected chi connectivity index (χ2v) is 9.40. The van der Waals surface area contributed by atoms with Gasteiger partial charge in [0.15, 0.2) is 15.8 Å². The molecule has 1 aliphatic heterocycles. The van der Waals surface area contributed by atoms with Gasteiger partial charge < -0.3 is 5.32 Å². The van der Waals surface area contributed by atoms with E-state index >= 15 is 0 Å². The zero-order valence-electron chi connectivity index (χ0n) is 14.0. The summed E-state index contributed by atoms with van der Waals surface area (Å²) in [4.78, 5) is 4.24. The molecule has 144 valence electrons. The van der Waals surface area contributed by atoms with E-state index < -0.39 is 21.7 Å². The Morgan fingerprint density at radius 2 is 1.82 bits per heavy atom. The summed E-state index contributed by atoms with van der Waals surface area (Å²) in [5.74, 6) is -2.18. The molecular formula is C18H12ClF2N3O2S2. The first-order valence-electron chi connectivity index (χ1n) is 8.01. The van der Waals surface area contributed by atoms with E-state index in [0.29, 0.717) is 0 Å². The summed E-state index contributed by atoms with van der Waals surface area (Å²) in [6, 6.07) is 12.9. The molecule has 0 radical (unpaired) electrons. The molecule has 0 saturated carbocycles. The Balaban J connectivity index is 1.80. The van der Waals surface area contributed by atoms with E-state index in [1.165, 1.54) is 12.1 Å². The number of aliphatic imine (C=N–C) groups is 1. The van der Waals surface area contributed by atoms with Crippen LogP contribution in [-0.2, 0) is 16.6 Å². The Bertz CT molecular complexity index is 1200. The molecule has 0 aliphatic carbocycles. The van der Waals surface area contributed by atoms with Crippen LogP contribution in [0.4, 0.5) is 14.5 Å². The summed E-state index contributed by atoms with van der Waals surface area (Å²) < 4.78 is 55.4. The van der Waals surface area contributed by atoms with Gasteiger partial charge in [-0.2, -0.15) is 0 Å². The van der Waals surface area contributed by atoms with Crippen molar-refractivity contribution in [3.63, 3.8) is 0 Å². The first-order valence-corrected chi connectivity index (χ1v) is 10.7. The molecule has 0 unspecified atom stereocenters. The third-order valence-corrected chi connectivity index (χ3v) is 7.29. The van der Waals surface area contributed by atoms with Gasteiger partial charge in [0.05, 0.1) is 12.2 Å². The van der Waals surface area contributed by atoms with Crippen LogP contribution >= 0.6 is 22.9 Å². The summed E-state index contributed by atoms with van der Waals surface area (Å²) in [7, 11) is -3.95. The summed E-state index contributed by atoms with van der Waals surface area (Å²) in [5.41, 5.74) is 0.900. The number of thiophene rings is 1. The molecule has 4 rings (SSSR count). The minimum Gasteiger partial charge on any atom is -0.323 e. The van der Waals surface area contributed by atoms with Gasteiger partial charge in [-0.15, -0.1) is 11.3 Å². The van der Waals surface area contributed by atoms with Crippen molar-refractivity contribution in [1.29, 1.82) is 0 Å². The monoisotopic (exact) mass is 439 g/mol. The summed E-state index contributed by atoms with van der Waals surface area (Å²) in [5, 5.41) is 2.85. The van der Waals surface area contributed by atoms with E-state index in [9.17, 15) is 17.2 Å². The van der Waals surface area contributed by atoms with Gasteiger partial charge in [0.2, 0.25) is 5.96 Å². The molecule has 0 fully saturated rings. The number of nitrogens with zero attached hydrogens (tertiary/aromatic N) is 1. The van der Waals surface area contributed by atoms with Gasteiger partial charge in [0.25, 0.3) is 10.0 Å². The zero-order chi connectivity index (χ0) is 19.9. The number of sulfonamides is 1. The molecule has 10 heteroatoms. The predicted molar refractivity (Wildman–Crippen MR) is 106 cm³/mol. The average molecular weight is 440 g/mol. The zero-order valence-corrected chi connectivity index (χ0v) is 16.4. The van der Waals surface area contributed by atoms with Gasteiger partial charge in [0.1, 0.15) is 4.34 Å². The molecule has 2 heterocycles. The quantitative estimate of drug-likeness (QED) is 0.626. The highest BCUT2D eigenvalue weighted by molar-refractivity contribution is 7.92. The molecule has 5 nitrogen and oxygen atoms in total. The lowest BCUT2D eigenvalue weighted by Gasteiger charge is -2.20. The van der Waals surface area contributed by atoms with E-state index in [2.05, 4.69) is 15.0 Å². The molecule has 0 amide bonds. The highest BCUT2D eigenvalue weighted by Crippen LogP contribution is 2.48. The number of guanidine groups is 1. The van der Waals surface area contributed by atoms with Crippen LogP contribution in [0.5, 0.6) is 0 Å². The van der Waals surface area contributed by atoms with Gasteiger partial charge in [-0.3, -0.25) is 0 Å². The van der Waals surface area contributed by atoms with E-state index in [4.69, 9.17) is 11.6 Å². The standard InChI is InChI=1S/C18H12ClF2N3O2S2/c19-16-13(11-7-4-8-12(20)14(11)21)15-17(27-16)28(25,26)24-18(23-15)22-9-10-5-2-1-3-6-10/h1-8H,9H2,(H2,22,23,24). The molecule has 3 aromatic rings. The van der Waals surface area contributed by atoms with Gasteiger partial charge >= 0.3 is 0 Å². The van der Waals surface area contributed by atoms with E-state index in [0.717, 1.165) is 23.0 Å². The normalized spacial score (nSPS) is 16.3. The van der Waals surface area contributed by atoms with Crippen LogP contribution in [0.3, 0.4) is 0 Å². The van der Waals surface area contributed by atoms with E-state index in [1.54, 1.807) is 0 Å². The van der Waals surface area contributed by atoms with E-state index in [-0.39, 0.29) is 37.9 Å². The Kier molecular flexibility index (Phi) is 4.82. The van der Waals surface area contributed by atoms with Crippen LogP contribution in [0.15, 0.2) is 57.7 Å². The minimum absolute atomic E-state index is 0.0242. The Hall–Kier alpha value is -2.49. The molecule has 1 aliphatic rings. The third-order valence-electron chi connectivity index (χ3n) is 4.03. The predicted octanol–water partition coefficient (Wildman–Crippen LogP) is 4.61. The lowest BCUT2D eigenvalue weighted by molar-refractivity contribution is 0.511. The number of halogens is 3. The molecule has 2 N–H and O–H groups in total. The van der Waals surface area contributed by atoms with Gasteiger partial charge in [0, 0.05) is 11.1 Å². The largest absolute Gasteiger partial charge is 0.323 e. The summed E-state index contributed by atoms with van der Waals surface area (Å²) >= 11 is 6.96. The van der Waals surface area contributed by atoms with Crippen molar-refractivity contribution in [2.75, 3.05) is 5.32 Å². The molecule has 0 atom stereocenters. The number of hydrogen-bond donors (Lipinski definition) is 2. The van der Waals surface area contributed by atoms with Crippen molar-refractivity contribution in [2.45, 2.75) is 10.8 Å². The first kappa shape index (κ1) is 18.9. The number of hydrogen-bond acceptors (Lipinski definition) is 4. The van der Waals surface area contributed by atoms with Crippen molar-refractivity contribution in [1.82, 2.24) is 4.72 Å². The van der Waals surface area contributed by atoms with Gasteiger partial charge in [-0.1, -0.05) is 54.1 Å². The van der Waals surface area contributed by atoms with Crippen molar-refractivity contribution in [3.05, 3.63) is 70.1 Å². The summed E-state index contributed by atoms with van der Waals surface area (Å²) in [6.07, 6.45) is 0. The highest BCUT2D eigenvalue weighted by atomic mass is 35.5. The summed E-state index contributed by atoms with van der Waals surface area (Å²) in [6.45, 7) is 0.225. The maximum Gasteiger partial charge on any atom is 0.275 e. The number of benzene rings is 2. The molecule has 0 spiro atoms. The smallest absolute Gasteiger partial charge is 0.275 e. The van der Waals surface area contributed by atoms with Crippen LogP contribution < -0.4 is 10.0 Å². The fourth-order valence-corrected chi connectivity index (χ4v) is 5.76. The Labute approximate surface area is 168 Å². The SMILES string of the molecule is O=S1(=O)NC(=NCc2ccccc2)Nc2c1sc(Cl)c2-c1cccc(F)c1F. The number of rotatable bonds is 3. The van der Waals surface area contributed by atoms with Crippen LogP contribution in [0, 0.1) is 11.6 Å². The maximum absolute atomic E-state index is 14.3. The van der Waals surface area contributed by atoms with Crippen molar-refractivity contribution in [2.24, 2.45) is 4.99 Å². The van der Waals surface area contributed by atoms with Crippen molar-refractivity contribution >= 4 is 44.6 Å². The topological polar surface area (TPSA) is 70.6 Å². The van der Waals surface area contributed by atoms with Gasteiger partial charge in [-0.25, -0.2) is 26.9 Å². The lowest BCUT2D eigenvalue weighted by Crippen LogP contribution is -2.40. The first-order chi connectivity index (χ1) is 13.4. The van der Waals surface area contributed by atoms with Crippen molar-refractivity contribution < 1.29 is 17.2 Å².